The number of thiocarbonyl (C=S) groups is 1. The Labute approximate surface area is 169 Å². The van der Waals surface area contributed by atoms with Crippen LogP contribution in [0.25, 0.3) is 28.2 Å². The third-order valence-corrected chi connectivity index (χ3v) is 4.99. The summed E-state index contributed by atoms with van der Waals surface area (Å²) in [5.74, 6) is -2.13. The summed E-state index contributed by atoms with van der Waals surface area (Å²) in [6.45, 7) is 0. The minimum Gasteiger partial charge on any atom is -0.456 e. The van der Waals surface area contributed by atoms with Gasteiger partial charge in [-0.05, 0) is 23.8 Å². The number of nitrogens with one attached hydrogen (secondary N) is 1. The van der Waals surface area contributed by atoms with Gasteiger partial charge in [0, 0.05) is 29.4 Å². The summed E-state index contributed by atoms with van der Waals surface area (Å²) in [6.07, 6.45) is -0.591. The molecule has 5 nitrogen and oxygen atoms in total. The number of fused-ring (bicyclic) bond motifs is 1. The van der Waals surface area contributed by atoms with Crippen LogP contribution in [-0.4, -0.2) is 21.6 Å². The second-order valence-corrected chi connectivity index (χ2v) is 7.52. The predicted octanol–water partition coefficient (Wildman–Crippen LogP) is 5.02. The monoisotopic (exact) mass is 440 g/mol. The first-order chi connectivity index (χ1) is 13.7. The number of alkyl halides is 3. The van der Waals surface area contributed by atoms with Gasteiger partial charge in [0.05, 0.1) is 4.91 Å². The lowest BCUT2D eigenvalue weighted by Gasteiger charge is -2.10. The number of halogens is 4. The molecular weight excluding hydrogens is 432 g/mol. The number of hydrogen-bond donors (Lipinski definition) is 1. The summed E-state index contributed by atoms with van der Waals surface area (Å²) in [4.78, 5) is 16.2. The summed E-state index contributed by atoms with van der Waals surface area (Å²) in [6, 6.07) is 4.67. The molecule has 0 atom stereocenters. The van der Waals surface area contributed by atoms with E-state index in [0.29, 0.717) is 31.5 Å². The topological polar surface area (TPSA) is 64.4 Å². The Hall–Kier alpha value is -2.92. The van der Waals surface area contributed by atoms with Crippen LogP contribution in [0, 0.1) is 5.82 Å². The number of furan rings is 1. The van der Waals surface area contributed by atoms with Crippen molar-refractivity contribution >= 4 is 51.3 Å². The molecule has 1 aliphatic heterocycles. The molecule has 1 saturated heterocycles. The van der Waals surface area contributed by atoms with Crippen LogP contribution >= 0.6 is 24.0 Å². The van der Waals surface area contributed by atoms with Crippen molar-refractivity contribution in [2.24, 2.45) is 0 Å². The molecular formula is C18H8F4N2O3S2. The zero-order valence-corrected chi connectivity index (χ0v) is 15.7. The largest absolute Gasteiger partial charge is 0.573 e. The third kappa shape index (κ3) is 4.10. The van der Waals surface area contributed by atoms with Gasteiger partial charge in [-0.2, -0.15) is 0 Å². The van der Waals surface area contributed by atoms with Gasteiger partial charge in [0.1, 0.15) is 15.7 Å². The molecule has 4 rings (SSSR count). The highest BCUT2D eigenvalue weighted by Gasteiger charge is 2.32. The van der Waals surface area contributed by atoms with E-state index < -0.39 is 17.9 Å². The molecule has 0 radical (unpaired) electrons. The Bertz CT molecular complexity index is 1190. The van der Waals surface area contributed by atoms with Crippen molar-refractivity contribution in [3.8, 4) is 16.9 Å². The van der Waals surface area contributed by atoms with Crippen LogP contribution in [-0.2, 0) is 4.79 Å². The van der Waals surface area contributed by atoms with Crippen molar-refractivity contribution in [1.29, 1.82) is 0 Å². The summed E-state index contributed by atoms with van der Waals surface area (Å²) < 4.78 is 60.8. The number of carbonyl (C=O) groups is 1. The molecule has 0 bridgehead atoms. The van der Waals surface area contributed by atoms with Gasteiger partial charge < -0.3 is 14.5 Å². The summed E-state index contributed by atoms with van der Waals surface area (Å²) in [5.41, 5.74) is 0.947. The van der Waals surface area contributed by atoms with E-state index in [4.69, 9.17) is 16.6 Å². The zero-order chi connectivity index (χ0) is 20.8. The molecule has 1 fully saturated rings. The number of aromatic nitrogens is 1. The van der Waals surface area contributed by atoms with Crippen molar-refractivity contribution in [2.45, 2.75) is 6.36 Å². The highest BCUT2D eigenvalue weighted by Crippen LogP contribution is 2.35. The Morgan fingerprint density at radius 1 is 1.24 bits per heavy atom. The standard InChI is InChI=1S/C18H8F4N2O3S2/c19-12-4-8(1-2-13(12)27-18(20,21)22)11-7-23-6-9-3-10(26-15(9)11)5-14-16(25)24-17(28)29-14/h1-7H,(H,24,25,28)/b14-5-. The Morgan fingerprint density at radius 2 is 2.03 bits per heavy atom. The van der Waals surface area contributed by atoms with Gasteiger partial charge in [-0.15, -0.1) is 13.2 Å². The number of nitrogens with zero attached hydrogens (tertiary/aromatic N) is 1. The van der Waals surface area contributed by atoms with Crippen LogP contribution in [0.4, 0.5) is 17.6 Å². The lowest BCUT2D eigenvalue weighted by molar-refractivity contribution is -0.275. The van der Waals surface area contributed by atoms with Gasteiger partial charge in [0.25, 0.3) is 5.91 Å². The fourth-order valence-electron chi connectivity index (χ4n) is 2.68. The van der Waals surface area contributed by atoms with Crippen LogP contribution in [0.3, 0.4) is 0 Å². The number of ether oxygens (including phenoxy) is 1. The summed E-state index contributed by atoms with van der Waals surface area (Å²) in [7, 11) is 0. The molecule has 29 heavy (non-hydrogen) atoms. The molecule has 3 aromatic rings. The molecule has 0 saturated carbocycles. The Kier molecular flexibility index (Phi) is 4.79. The third-order valence-electron chi connectivity index (χ3n) is 3.83. The van der Waals surface area contributed by atoms with Gasteiger partial charge in [-0.3, -0.25) is 9.78 Å². The van der Waals surface area contributed by atoms with Crippen molar-refractivity contribution in [2.75, 3.05) is 0 Å². The van der Waals surface area contributed by atoms with E-state index in [1.807, 2.05) is 0 Å². The number of amides is 1. The quantitative estimate of drug-likeness (QED) is 0.351. The Balaban J connectivity index is 1.73. The molecule has 0 aliphatic carbocycles. The first-order valence-corrected chi connectivity index (χ1v) is 9.10. The van der Waals surface area contributed by atoms with E-state index >= 15 is 0 Å². The van der Waals surface area contributed by atoms with Gasteiger partial charge in [-0.1, -0.05) is 30.0 Å². The Morgan fingerprint density at radius 3 is 2.69 bits per heavy atom. The average Bonchev–Trinajstić information content (AvgIpc) is 3.17. The van der Waals surface area contributed by atoms with E-state index in [-0.39, 0.29) is 11.5 Å². The van der Waals surface area contributed by atoms with Crippen LogP contribution in [0.1, 0.15) is 5.76 Å². The summed E-state index contributed by atoms with van der Waals surface area (Å²) >= 11 is 6.02. The fourth-order valence-corrected chi connectivity index (χ4v) is 3.71. The molecule has 3 heterocycles. The first-order valence-electron chi connectivity index (χ1n) is 7.88. The van der Waals surface area contributed by atoms with Crippen molar-refractivity contribution in [3.05, 3.63) is 53.1 Å². The van der Waals surface area contributed by atoms with Crippen LogP contribution in [0.5, 0.6) is 5.75 Å². The lowest BCUT2D eigenvalue weighted by atomic mass is 10.1. The molecule has 0 unspecified atom stereocenters. The van der Waals surface area contributed by atoms with E-state index in [2.05, 4.69) is 15.0 Å². The summed E-state index contributed by atoms with van der Waals surface area (Å²) in [5, 5.41) is 3.05. The number of rotatable bonds is 3. The number of thioether (sulfide) groups is 1. The van der Waals surface area contributed by atoms with Gasteiger partial charge in [0.15, 0.2) is 11.6 Å². The normalized spacial score (nSPS) is 15.9. The van der Waals surface area contributed by atoms with Gasteiger partial charge >= 0.3 is 6.36 Å². The predicted molar refractivity (Wildman–Crippen MR) is 102 cm³/mol. The molecule has 148 valence electrons. The number of pyridine rings is 1. The smallest absolute Gasteiger partial charge is 0.456 e. The molecule has 1 aliphatic rings. The van der Waals surface area contributed by atoms with Crippen molar-refractivity contribution in [1.82, 2.24) is 10.3 Å². The van der Waals surface area contributed by atoms with Gasteiger partial charge in [-0.25, -0.2) is 4.39 Å². The highest BCUT2D eigenvalue weighted by atomic mass is 32.2. The minimum absolute atomic E-state index is 0.248. The molecule has 11 heteroatoms. The first kappa shape index (κ1) is 19.4. The maximum atomic E-state index is 14.1. The van der Waals surface area contributed by atoms with Crippen LogP contribution < -0.4 is 10.1 Å². The number of hydrogen-bond acceptors (Lipinski definition) is 6. The minimum atomic E-state index is -5.00. The van der Waals surface area contributed by atoms with E-state index in [0.717, 1.165) is 23.9 Å². The van der Waals surface area contributed by atoms with Crippen molar-refractivity contribution < 1.29 is 31.5 Å². The molecule has 1 amide bonds. The SMILES string of the molecule is O=C1NC(=S)S/C1=C\c1cc2cncc(-c3ccc(OC(F)(F)F)c(F)c3)c2o1. The lowest BCUT2D eigenvalue weighted by Crippen LogP contribution is -2.17. The van der Waals surface area contributed by atoms with Crippen molar-refractivity contribution in [3.63, 3.8) is 0 Å². The van der Waals surface area contributed by atoms with E-state index in [1.165, 1.54) is 24.5 Å². The molecule has 2 aromatic heterocycles. The number of benzene rings is 1. The van der Waals surface area contributed by atoms with Crippen LogP contribution in [0.2, 0.25) is 0 Å². The fraction of sp³-hybridized carbons (Fsp3) is 0.0556. The van der Waals surface area contributed by atoms with E-state index in [1.54, 1.807) is 6.07 Å². The van der Waals surface area contributed by atoms with Crippen LogP contribution in [0.15, 0.2) is 46.0 Å². The second kappa shape index (κ2) is 7.16. The average molecular weight is 440 g/mol. The molecule has 1 N–H and O–H groups in total. The second-order valence-electron chi connectivity index (χ2n) is 5.80. The molecule has 0 spiro atoms. The number of carbonyl (C=O) groups excluding carboxylic acids is 1. The van der Waals surface area contributed by atoms with Gasteiger partial charge in [0.2, 0.25) is 0 Å². The van der Waals surface area contributed by atoms with E-state index in [9.17, 15) is 22.4 Å². The molecule has 1 aromatic carbocycles. The maximum absolute atomic E-state index is 14.1. The maximum Gasteiger partial charge on any atom is 0.573 e. The zero-order valence-electron chi connectivity index (χ0n) is 14.0. The highest BCUT2D eigenvalue weighted by molar-refractivity contribution is 8.26.